The van der Waals surface area contributed by atoms with Crippen molar-refractivity contribution in [1.29, 1.82) is 5.26 Å². The Morgan fingerprint density at radius 3 is 2.52 bits per heavy atom. The van der Waals surface area contributed by atoms with E-state index in [9.17, 15) is 28.6 Å². The minimum atomic E-state index is -3.84. The maximum absolute atomic E-state index is 12.9. The Hall–Kier alpha value is -3.04. The number of rotatable bonds is 7. The Balaban J connectivity index is 1.59. The van der Waals surface area contributed by atoms with Crippen molar-refractivity contribution < 1.29 is 18.1 Å². The van der Waals surface area contributed by atoms with Crippen LogP contribution in [0.5, 0.6) is 0 Å². The average molecular weight is 492 g/mol. The van der Waals surface area contributed by atoms with Gasteiger partial charge in [0.05, 0.1) is 21.9 Å². The van der Waals surface area contributed by atoms with Gasteiger partial charge in [0.15, 0.2) is 0 Å². The fraction of sp³-hybridized carbons (Fsp3) is 0.333. The van der Waals surface area contributed by atoms with Crippen LogP contribution in [0.3, 0.4) is 0 Å². The van der Waals surface area contributed by atoms with Crippen LogP contribution in [0.2, 0.25) is 5.02 Å². The van der Waals surface area contributed by atoms with Crippen LogP contribution in [0.1, 0.15) is 11.1 Å². The Morgan fingerprint density at radius 2 is 1.88 bits per heavy atom. The van der Waals surface area contributed by atoms with E-state index in [1.54, 1.807) is 29.0 Å². The third-order valence-corrected chi connectivity index (χ3v) is 7.63. The van der Waals surface area contributed by atoms with Crippen LogP contribution < -0.4 is 0 Å². The van der Waals surface area contributed by atoms with Crippen molar-refractivity contribution in [3.63, 3.8) is 0 Å². The SMILES string of the molecule is CN(CC(=O)N1CCN(S(=O)(=O)c2ccccc2C#N)CC1)Cc1cc([N+](=O)[O-])ccc1Cl. The monoisotopic (exact) mass is 491 g/mol. The number of carbonyl (C=O) groups excluding carboxylic acids is 1. The van der Waals surface area contributed by atoms with E-state index >= 15 is 0 Å². The first kappa shape index (κ1) is 24.6. The molecule has 0 atom stereocenters. The van der Waals surface area contributed by atoms with Gasteiger partial charge in [-0.1, -0.05) is 23.7 Å². The number of benzene rings is 2. The van der Waals surface area contributed by atoms with E-state index in [1.165, 1.54) is 34.6 Å². The van der Waals surface area contributed by atoms with Gasteiger partial charge in [0.1, 0.15) is 6.07 Å². The minimum absolute atomic E-state index is 0.0409. The average Bonchev–Trinajstić information content (AvgIpc) is 2.80. The number of nitriles is 1. The molecule has 0 aliphatic carbocycles. The maximum Gasteiger partial charge on any atom is 0.269 e. The number of nitro groups is 1. The number of nitro benzene ring substituents is 1. The van der Waals surface area contributed by atoms with Crippen molar-refractivity contribution in [1.82, 2.24) is 14.1 Å². The zero-order valence-corrected chi connectivity index (χ0v) is 19.4. The molecular weight excluding hydrogens is 470 g/mol. The van der Waals surface area contributed by atoms with Gasteiger partial charge in [0.25, 0.3) is 5.69 Å². The number of likely N-dealkylation sites (N-methyl/N-ethyl adjacent to an activating group) is 1. The lowest BCUT2D eigenvalue weighted by atomic mass is 10.2. The molecule has 1 aliphatic heterocycles. The third-order valence-electron chi connectivity index (χ3n) is 5.30. The highest BCUT2D eigenvalue weighted by Gasteiger charge is 2.31. The summed E-state index contributed by atoms with van der Waals surface area (Å²) in [4.78, 5) is 26.4. The summed E-state index contributed by atoms with van der Waals surface area (Å²) in [7, 11) is -2.14. The molecular formula is C21H22ClN5O5S. The quantitative estimate of drug-likeness (QED) is 0.428. The summed E-state index contributed by atoms with van der Waals surface area (Å²) >= 11 is 6.13. The molecule has 10 nitrogen and oxygen atoms in total. The highest BCUT2D eigenvalue weighted by Crippen LogP contribution is 2.24. The first-order valence-electron chi connectivity index (χ1n) is 10.0. The van der Waals surface area contributed by atoms with Gasteiger partial charge in [-0.15, -0.1) is 0 Å². The topological polar surface area (TPSA) is 128 Å². The number of hydrogen-bond donors (Lipinski definition) is 0. The highest BCUT2D eigenvalue weighted by atomic mass is 35.5. The molecule has 1 aliphatic rings. The van der Waals surface area contributed by atoms with Crippen molar-refractivity contribution in [2.45, 2.75) is 11.4 Å². The zero-order valence-electron chi connectivity index (χ0n) is 17.8. The van der Waals surface area contributed by atoms with Crippen LogP contribution in [0.4, 0.5) is 5.69 Å². The van der Waals surface area contributed by atoms with Crippen molar-refractivity contribution in [3.8, 4) is 6.07 Å². The second-order valence-electron chi connectivity index (χ2n) is 7.60. The molecule has 12 heteroatoms. The van der Waals surface area contributed by atoms with Crippen molar-refractivity contribution in [2.24, 2.45) is 0 Å². The fourth-order valence-electron chi connectivity index (χ4n) is 3.57. The first-order valence-corrected chi connectivity index (χ1v) is 11.8. The molecule has 0 spiro atoms. The molecule has 174 valence electrons. The van der Waals surface area contributed by atoms with Crippen LogP contribution in [-0.2, 0) is 21.4 Å². The lowest BCUT2D eigenvalue weighted by Gasteiger charge is -2.35. The molecule has 1 amide bonds. The molecule has 0 radical (unpaired) electrons. The van der Waals surface area contributed by atoms with Gasteiger partial charge in [-0.05, 0) is 30.8 Å². The standard InChI is InChI=1S/C21H22ClN5O5S/c1-24(14-17-12-18(27(29)30)6-7-19(17)22)15-21(28)25-8-10-26(11-9-25)33(31,32)20-5-3-2-4-16(20)13-23/h2-7,12H,8-11,14-15H2,1H3. The summed E-state index contributed by atoms with van der Waals surface area (Å²) < 4.78 is 27.1. The van der Waals surface area contributed by atoms with Crippen LogP contribution in [-0.4, -0.2) is 73.1 Å². The Morgan fingerprint density at radius 1 is 1.21 bits per heavy atom. The van der Waals surface area contributed by atoms with Gasteiger partial charge in [0, 0.05) is 49.9 Å². The van der Waals surface area contributed by atoms with Gasteiger partial charge in [-0.3, -0.25) is 19.8 Å². The first-order chi connectivity index (χ1) is 15.6. The summed E-state index contributed by atoms with van der Waals surface area (Å²) in [6.07, 6.45) is 0. The van der Waals surface area contributed by atoms with Gasteiger partial charge in [-0.2, -0.15) is 9.57 Å². The molecule has 0 aromatic heterocycles. The van der Waals surface area contributed by atoms with Gasteiger partial charge >= 0.3 is 0 Å². The van der Waals surface area contributed by atoms with E-state index in [0.29, 0.717) is 10.6 Å². The smallest absolute Gasteiger partial charge is 0.269 e. The van der Waals surface area contributed by atoms with E-state index in [2.05, 4.69) is 0 Å². The van der Waals surface area contributed by atoms with E-state index in [4.69, 9.17) is 11.6 Å². The van der Waals surface area contributed by atoms with Crippen LogP contribution >= 0.6 is 11.6 Å². The maximum atomic E-state index is 12.9. The number of amides is 1. The second kappa shape index (κ2) is 10.3. The summed E-state index contributed by atoms with van der Waals surface area (Å²) in [5.74, 6) is -0.187. The van der Waals surface area contributed by atoms with Crippen LogP contribution in [0, 0.1) is 21.4 Å². The highest BCUT2D eigenvalue weighted by molar-refractivity contribution is 7.89. The number of sulfonamides is 1. The molecule has 1 fully saturated rings. The molecule has 0 N–H and O–H groups in total. The number of hydrogen-bond acceptors (Lipinski definition) is 7. The summed E-state index contributed by atoms with van der Waals surface area (Å²) in [6.45, 7) is 0.966. The van der Waals surface area contributed by atoms with Gasteiger partial charge in [0.2, 0.25) is 15.9 Å². The van der Waals surface area contributed by atoms with Crippen molar-refractivity contribution in [2.75, 3.05) is 39.8 Å². The van der Waals surface area contributed by atoms with E-state index < -0.39 is 14.9 Å². The number of nitrogens with zero attached hydrogens (tertiary/aromatic N) is 5. The van der Waals surface area contributed by atoms with Crippen molar-refractivity contribution in [3.05, 3.63) is 68.7 Å². The number of carbonyl (C=O) groups is 1. The molecule has 0 unspecified atom stereocenters. The lowest BCUT2D eigenvalue weighted by Crippen LogP contribution is -2.52. The van der Waals surface area contributed by atoms with E-state index in [-0.39, 0.29) is 61.3 Å². The van der Waals surface area contributed by atoms with E-state index in [0.717, 1.165) is 0 Å². The lowest BCUT2D eigenvalue weighted by molar-refractivity contribution is -0.384. The molecule has 1 saturated heterocycles. The third kappa shape index (κ3) is 5.66. The predicted molar refractivity (Wildman–Crippen MR) is 121 cm³/mol. The number of halogens is 1. The fourth-order valence-corrected chi connectivity index (χ4v) is 5.32. The minimum Gasteiger partial charge on any atom is -0.339 e. The largest absolute Gasteiger partial charge is 0.339 e. The number of non-ortho nitro benzene ring substituents is 1. The second-order valence-corrected chi connectivity index (χ2v) is 9.91. The Labute approximate surface area is 196 Å². The Bertz CT molecular complexity index is 1210. The predicted octanol–water partition coefficient (Wildman–Crippen LogP) is 2.08. The normalized spacial score (nSPS) is 14.8. The number of piperazine rings is 1. The van der Waals surface area contributed by atoms with Crippen LogP contribution in [0.25, 0.3) is 0 Å². The van der Waals surface area contributed by atoms with Crippen LogP contribution in [0.15, 0.2) is 47.4 Å². The molecule has 2 aromatic rings. The van der Waals surface area contributed by atoms with E-state index in [1.807, 2.05) is 6.07 Å². The molecule has 0 bridgehead atoms. The van der Waals surface area contributed by atoms with Crippen molar-refractivity contribution >= 4 is 33.2 Å². The molecule has 33 heavy (non-hydrogen) atoms. The molecule has 3 rings (SSSR count). The molecule has 2 aromatic carbocycles. The summed E-state index contributed by atoms with van der Waals surface area (Å²) in [6, 6.07) is 12.1. The molecule has 1 heterocycles. The van der Waals surface area contributed by atoms with Gasteiger partial charge < -0.3 is 4.90 Å². The van der Waals surface area contributed by atoms with Gasteiger partial charge in [-0.25, -0.2) is 8.42 Å². The molecule has 0 saturated carbocycles. The Kier molecular flexibility index (Phi) is 7.65. The summed E-state index contributed by atoms with van der Waals surface area (Å²) in [5, 5.41) is 20.6. The summed E-state index contributed by atoms with van der Waals surface area (Å²) in [5.41, 5.74) is 0.537. The zero-order chi connectivity index (χ0) is 24.2.